The number of thiazole rings is 1. The lowest BCUT2D eigenvalue weighted by Crippen LogP contribution is -2.14. The normalized spacial score (nSPS) is 10.9. The van der Waals surface area contributed by atoms with Gasteiger partial charge < -0.3 is 5.32 Å². The number of hydrogen-bond acceptors (Lipinski definition) is 4. The van der Waals surface area contributed by atoms with Gasteiger partial charge >= 0.3 is 0 Å². The minimum absolute atomic E-state index is 0.108. The van der Waals surface area contributed by atoms with Crippen molar-refractivity contribution < 1.29 is 4.79 Å². The molecule has 4 rings (SSSR count). The van der Waals surface area contributed by atoms with Crippen molar-refractivity contribution in [2.45, 2.75) is 13.8 Å². The highest BCUT2D eigenvalue weighted by atomic mass is 32.1. The van der Waals surface area contributed by atoms with Crippen LogP contribution in [-0.2, 0) is 0 Å². The third-order valence-electron chi connectivity index (χ3n) is 4.34. The molecule has 0 bridgehead atoms. The first kappa shape index (κ1) is 17.2. The van der Waals surface area contributed by atoms with Gasteiger partial charge in [0.2, 0.25) is 0 Å². The van der Waals surface area contributed by atoms with Crippen LogP contribution in [0, 0.1) is 13.8 Å². The summed E-state index contributed by atoms with van der Waals surface area (Å²) in [5, 5.41) is 4.84. The predicted molar refractivity (Wildman–Crippen MR) is 109 cm³/mol. The highest BCUT2D eigenvalue weighted by Crippen LogP contribution is 2.26. The fourth-order valence-corrected chi connectivity index (χ4v) is 3.96. The van der Waals surface area contributed by atoms with Crippen LogP contribution in [0.5, 0.6) is 0 Å². The maximum absolute atomic E-state index is 12.6. The van der Waals surface area contributed by atoms with E-state index in [0.29, 0.717) is 21.9 Å². The lowest BCUT2D eigenvalue weighted by atomic mass is 10.1. The van der Waals surface area contributed by atoms with Gasteiger partial charge in [0.25, 0.3) is 11.5 Å². The summed E-state index contributed by atoms with van der Waals surface area (Å²) in [6.07, 6.45) is 0. The number of carbonyl (C=O) groups excluding carboxylic acids is 1. The van der Waals surface area contributed by atoms with Gasteiger partial charge in [-0.1, -0.05) is 30.3 Å². The Morgan fingerprint density at radius 2 is 1.89 bits per heavy atom. The van der Waals surface area contributed by atoms with Crippen molar-refractivity contribution in [3.8, 4) is 11.3 Å². The second-order valence-corrected chi connectivity index (χ2v) is 7.16. The molecule has 0 unspecified atom stereocenters. The van der Waals surface area contributed by atoms with Crippen molar-refractivity contribution >= 4 is 27.9 Å². The van der Waals surface area contributed by atoms with Gasteiger partial charge in [-0.25, -0.2) is 4.98 Å². The molecule has 0 aliphatic rings. The topological polar surface area (TPSA) is 63.5 Å². The third kappa shape index (κ3) is 3.27. The molecule has 6 heteroatoms. The Kier molecular flexibility index (Phi) is 4.33. The number of nitrogens with one attached hydrogen (secondary N) is 1. The van der Waals surface area contributed by atoms with Crippen molar-refractivity contribution in [3.63, 3.8) is 0 Å². The number of nitrogens with zero attached hydrogens (tertiary/aromatic N) is 2. The summed E-state index contributed by atoms with van der Waals surface area (Å²) in [6, 6.07) is 16.4. The standard InChI is InChI=1S/C21H17N3O2S/c1-13-6-3-4-9-17(13)20(26)23-16-8-5-7-15(11-16)18-12-27-21-22-14(2)10-19(25)24(18)21/h3-12H,1-2H3,(H,23,26). The number of aryl methyl sites for hydroxylation is 2. The predicted octanol–water partition coefficient (Wildman–Crippen LogP) is 4.29. The van der Waals surface area contributed by atoms with Crippen LogP contribution in [0.4, 0.5) is 5.69 Å². The molecule has 1 amide bonds. The number of anilines is 1. The van der Waals surface area contributed by atoms with Crippen molar-refractivity contribution in [3.05, 3.63) is 87.2 Å². The number of carbonyl (C=O) groups is 1. The number of rotatable bonds is 3. The zero-order valence-electron chi connectivity index (χ0n) is 14.9. The van der Waals surface area contributed by atoms with Crippen LogP contribution in [0.15, 0.2) is 64.8 Å². The minimum Gasteiger partial charge on any atom is -0.322 e. The molecule has 2 aromatic heterocycles. The minimum atomic E-state index is -0.158. The number of amides is 1. The van der Waals surface area contributed by atoms with Crippen LogP contribution in [0.25, 0.3) is 16.2 Å². The summed E-state index contributed by atoms with van der Waals surface area (Å²) in [7, 11) is 0. The first-order valence-electron chi connectivity index (χ1n) is 8.48. The average Bonchev–Trinajstić information content (AvgIpc) is 3.06. The maximum Gasteiger partial charge on any atom is 0.259 e. The molecule has 0 atom stereocenters. The quantitative estimate of drug-likeness (QED) is 0.581. The second-order valence-electron chi connectivity index (χ2n) is 6.32. The molecule has 0 saturated heterocycles. The van der Waals surface area contributed by atoms with E-state index in [0.717, 1.165) is 16.8 Å². The van der Waals surface area contributed by atoms with Gasteiger partial charge in [-0.15, -0.1) is 11.3 Å². The number of fused-ring (bicyclic) bond motifs is 1. The molecule has 5 nitrogen and oxygen atoms in total. The van der Waals surface area contributed by atoms with Crippen molar-refractivity contribution in [1.82, 2.24) is 9.38 Å². The van der Waals surface area contributed by atoms with Gasteiger partial charge in [-0.05, 0) is 37.6 Å². The first-order valence-corrected chi connectivity index (χ1v) is 9.36. The van der Waals surface area contributed by atoms with E-state index in [1.165, 1.54) is 17.4 Å². The highest BCUT2D eigenvalue weighted by molar-refractivity contribution is 7.15. The Labute approximate surface area is 160 Å². The van der Waals surface area contributed by atoms with Crippen molar-refractivity contribution in [2.24, 2.45) is 0 Å². The van der Waals surface area contributed by atoms with Crippen molar-refractivity contribution in [1.29, 1.82) is 0 Å². The molecule has 0 aliphatic carbocycles. The fraction of sp³-hybridized carbons (Fsp3) is 0.0952. The molecule has 0 saturated carbocycles. The third-order valence-corrected chi connectivity index (χ3v) is 5.16. The molecule has 0 fully saturated rings. The first-order chi connectivity index (χ1) is 13.0. The SMILES string of the molecule is Cc1cc(=O)n2c(-c3cccc(NC(=O)c4ccccc4C)c3)csc2n1. The lowest BCUT2D eigenvalue weighted by Gasteiger charge is -2.09. The van der Waals surface area contributed by atoms with Gasteiger partial charge in [-0.2, -0.15) is 0 Å². The Bertz CT molecular complexity index is 1220. The molecule has 2 heterocycles. The van der Waals surface area contributed by atoms with E-state index in [1.807, 2.05) is 61.7 Å². The Balaban J connectivity index is 1.71. The number of benzene rings is 2. The largest absolute Gasteiger partial charge is 0.322 e. The summed E-state index contributed by atoms with van der Waals surface area (Å²) in [5.41, 5.74) is 4.43. The van der Waals surface area contributed by atoms with Crippen LogP contribution >= 0.6 is 11.3 Å². The molecule has 0 aliphatic heterocycles. The fourth-order valence-electron chi connectivity index (χ4n) is 3.01. The molecular weight excluding hydrogens is 358 g/mol. The Morgan fingerprint density at radius 1 is 1.07 bits per heavy atom. The van der Waals surface area contributed by atoms with Crippen LogP contribution in [-0.4, -0.2) is 15.3 Å². The molecular formula is C21H17N3O2S. The van der Waals surface area contributed by atoms with Gasteiger partial charge in [-0.3, -0.25) is 14.0 Å². The van der Waals surface area contributed by atoms with Crippen molar-refractivity contribution in [2.75, 3.05) is 5.32 Å². The summed E-state index contributed by atoms with van der Waals surface area (Å²) >= 11 is 1.42. The van der Waals surface area contributed by atoms with Gasteiger partial charge in [0.1, 0.15) is 0 Å². The Hall–Kier alpha value is -3.25. The summed E-state index contributed by atoms with van der Waals surface area (Å²) < 4.78 is 1.60. The van der Waals surface area contributed by atoms with E-state index in [2.05, 4.69) is 10.3 Å². The van der Waals surface area contributed by atoms with E-state index < -0.39 is 0 Å². The smallest absolute Gasteiger partial charge is 0.259 e. The zero-order chi connectivity index (χ0) is 19.0. The van der Waals surface area contributed by atoms with E-state index >= 15 is 0 Å². The van der Waals surface area contributed by atoms with E-state index in [-0.39, 0.29) is 11.5 Å². The monoisotopic (exact) mass is 375 g/mol. The second kappa shape index (κ2) is 6.81. The van der Waals surface area contributed by atoms with E-state index in [1.54, 1.807) is 10.5 Å². The van der Waals surface area contributed by atoms with Crippen LogP contribution in [0.1, 0.15) is 21.6 Å². The summed E-state index contributed by atoms with van der Waals surface area (Å²) in [5.74, 6) is -0.158. The Morgan fingerprint density at radius 3 is 2.70 bits per heavy atom. The lowest BCUT2D eigenvalue weighted by molar-refractivity contribution is 0.102. The molecule has 134 valence electrons. The molecule has 1 N–H and O–H groups in total. The number of aromatic nitrogens is 2. The number of hydrogen-bond donors (Lipinski definition) is 1. The van der Waals surface area contributed by atoms with Crippen LogP contribution in [0.3, 0.4) is 0 Å². The van der Waals surface area contributed by atoms with Crippen LogP contribution in [0.2, 0.25) is 0 Å². The van der Waals surface area contributed by atoms with E-state index in [9.17, 15) is 9.59 Å². The molecule has 0 radical (unpaired) electrons. The van der Waals surface area contributed by atoms with Gasteiger partial charge in [0.05, 0.1) is 5.69 Å². The van der Waals surface area contributed by atoms with E-state index in [4.69, 9.17) is 0 Å². The summed E-state index contributed by atoms with van der Waals surface area (Å²) in [4.78, 5) is 30.0. The average molecular weight is 375 g/mol. The van der Waals surface area contributed by atoms with Gasteiger partial charge in [0, 0.05) is 34.0 Å². The molecule has 0 spiro atoms. The maximum atomic E-state index is 12.6. The van der Waals surface area contributed by atoms with Gasteiger partial charge in [0.15, 0.2) is 4.96 Å². The zero-order valence-corrected chi connectivity index (χ0v) is 15.7. The molecule has 27 heavy (non-hydrogen) atoms. The highest BCUT2D eigenvalue weighted by Gasteiger charge is 2.12. The van der Waals surface area contributed by atoms with Crippen LogP contribution < -0.4 is 10.9 Å². The summed E-state index contributed by atoms with van der Waals surface area (Å²) in [6.45, 7) is 3.72. The molecule has 4 aromatic rings. The molecule has 2 aromatic carbocycles.